The normalized spacial score (nSPS) is 15.0. The van der Waals surface area contributed by atoms with Crippen LogP contribution in [0.2, 0.25) is 5.02 Å². The van der Waals surface area contributed by atoms with Crippen molar-refractivity contribution in [3.05, 3.63) is 34.9 Å². The van der Waals surface area contributed by atoms with Crippen LogP contribution in [-0.2, 0) is 4.79 Å². The molecular formula is C16H26Cl2N2O. The highest BCUT2D eigenvalue weighted by molar-refractivity contribution is 6.30. The van der Waals surface area contributed by atoms with Crippen molar-refractivity contribution in [3.8, 4) is 0 Å². The maximum atomic E-state index is 12.4. The first-order chi connectivity index (χ1) is 9.27. The molecule has 1 rings (SSSR count). The van der Waals surface area contributed by atoms with Gasteiger partial charge in [-0.05, 0) is 43.9 Å². The van der Waals surface area contributed by atoms with E-state index >= 15 is 0 Å². The minimum absolute atomic E-state index is 0. The van der Waals surface area contributed by atoms with E-state index in [0.717, 1.165) is 12.0 Å². The maximum Gasteiger partial charge on any atom is 0.227 e. The molecule has 1 aromatic rings. The third-order valence-electron chi connectivity index (χ3n) is 3.48. The zero-order valence-corrected chi connectivity index (χ0v) is 14.7. The van der Waals surface area contributed by atoms with E-state index in [1.54, 1.807) is 6.07 Å². The maximum absolute atomic E-state index is 12.4. The summed E-state index contributed by atoms with van der Waals surface area (Å²) in [7, 11) is 0. The van der Waals surface area contributed by atoms with Crippen molar-refractivity contribution in [2.45, 2.75) is 45.6 Å². The molecule has 0 spiro atoms. The molecule has 1 aromatic carbocycles. The van der Waals surface area contributed by atoms with Crippen LogP contribution in [0.3, 0.4) is 0 Å². The summed E-state index contributed by atoms with van der Waals surface area (Å²) in [4.78, 5) is 12.4. The molecule has 3 N–H and O–H groups in total. The molecule has 5 heteroatoms. The zero-order valence-electron chi connectivity index (χ0n) is 13.2. The van der Waals surface area contributed by atoms with E-state index in [4.69, 9.17) is 17.3 Å². The monoisotopic (exact) mass is 332 g/mol. The Morgan fingerprint density at radius 2 is 2.00 bits per heavy atom. The van der Waals surface area contributed by atoms with Crippen molar-refractivity contribution in [2.24, 2.45) is 11.7 Å². The van der Waals surface area contributed by atoms with Crippen LogP contribution in [0.1, 0.15) is 45.6 Å². The van der Waals surface area contributed by atoms with Gasteiger partial charge in [-0.2, -0.15) is 0 Å². The molecule has 2 atom stereocenters. The molecule has 0 bridgehead atoms. The number of benzene rings is 1. The fraction of sp³-hybridized carbons (Fsp3) is 0.562. The number of nitrogens with one attached hydrogen (secondary N) is 1. The standard InChI is InChI=1S/C16H25ClN2O.ClH/c1-11(2)9-16(4,10-18)19-15(20)12(3)13-6-5-7-14(17)8-13;/h5-8,11-12H,9-10,18H2,1-4H3,(H,19,20);1H. The second-order valence-corrected chi connectivity index (χ2v) is 6.57. The van der Waals surface area contributed by atoms with Gasteiger partial charge in [0.05, 0.1) is 5.92 Å². The lowest BCUT2D eigenvalue weighted by molar-refractivity contribution is -0.124. The Kier molecular flexibility index (Phi) is 8.30. The Balaban J connectivity index is 0.00000400. The molecule has 0 aromatic heterocycles. The number of hydrogen-bond donors (Lipinski definition) is 2. The van der Waals surface area contributed by atoms with Crippen molar-refractivity contribution in [3.63, 3.8) is 0 Å². The molecular weight excluding hydrogens is 307 g/mol. The summed E-state index contributed by atoms with van der Waals surface area (Å²) < 4.78 is 0. The van der Waals surface area contributed by atoms with E-state index in [9.17, 15) is 4.79 Å². The lowest BCUT2D eigenvalue weighted by Crippen LogP contribution is -2.53. The first-order valence-electron chi connectivity index (χ1n) is 7.05. The van der Waals surface area contributed by atoms with Crippen molar-refractivity contribution in [2.75, 3.05) is 6.54 Å². The summed E-state index contributed by atoms with van der Waals surface area (Å²) >= 11 is 5.97. The quantitative estimate of drug-likeness (QED) is 0.833. The van der Waals surface area contributed by atoms with Gasteiger partial charge in [-0.1, -0.05) is 37.6 Å². The SMILES string of the molecule is CC(C)CC(C)(CN)NC(=O)C(C)c1cccc(Cl)c1.Cl. The van der Waals surface area contributed by atoms with Gasteiger partial charge in [0, 0.05) is 17.1 Å². The number of carbonyl (C=O) groups excluding carboxylic acids is 1. The van der Waals surface area contributed by atoms with Crippen LogP contribution in [0.15, 0.2) is 24.3 Å². The Bertz CT molecular complexity index is 465. The highest BCUT2D eigenvalue weighted by Gasteiger charge is 2.28. The van der Waals surface area contributed by atoms with Crippen LogP contribution >= 0.6 is 24.0 Å². The molecule has 0 saturated heterocycles. The number of hydrogen-bond acceptors (Lipinski definition) is 2. The summed E-state index contributed by atoms with van der Waals surface area (Å²) in [5.74, 6) is 0.220. The number of amides is 1. The predicted molar refractivity (Wildman–Crippen MR) is 92.2 cm³/mol. The highest BCUT2D eigenvalue weighted by Crippen LogP contribution is 2.22. The molecule has 0 radical (unpaired) electrons. The first-order valence-corrected chi connectivity index (χ1v) is 7.43. The van der Waals surface area contributed by atoms with Crippen molar-refractivity contribution >= 4 is 29.9 Å². The molecule has 21 heavy (non-hydrogen) atoms. The van der Waals surface area contributed by atoms with Crippen molar-refractivity contribution in [1.29, 1.82) is 0 Å². The average Bonchev–Trinajstić information content (AvgIpc) is 2.36. The Labute approximate surface area is 139 Å². The van der Waals surface area contributed by atoms with Gasteiger partial charge in [0.2, 0.25) is 5.91 Å². The van der Waals surface area contributed by atoms with Crippen LogP contribution in [0.5, 0.6) is 0 Å². The van der Waals surface area contributed by atoms with E-state index in [1.165, 1.54) is 0 Å². The third-order valence-corrected chi connectivity index (χ3v) is 3.71. The highest BCUT2D eigenvalue weighted by atomic mass is 35.5. The largest absolute Gasteiger partial charge is 0.349 e. The van der Waals surface area contributed by atoms with Gasteiger partial charge in [-0.3, -0.25) is 4.79 Å². The fourth-order valence-electron chi connectivity index (χ4n) is 2.42. The molecule has 0 aliphatic rings. The van der Waals surface area contributed by atoms with Crippen LogP contribution in [0.4, 0.5) is 0 Å². The molecule has 0 aliphatic carbocycles. The van der Waals surface area contributed by atoms with E-state index < -0.39 is 0 Å². The van der Waals surface area contributed by atoms with E-state index in [2.05, 4.69) is 19.2 Å². The number of carbonyl (C=O) groups is 1. The summed E-state index contributed by atoms with van der Waals surface area (Å²) in [5, 5.41) is 3.73. The fourth-order valence-corrected chi connectivity index (χ4v) is 2.62. The minimum Gasteiger partial charge on any atom is -0.349 e. The van der Waals surface area contributed by atoms with Crippen LogP contribution in [0.25, 0.3) is 0 Å². The van der Waals surface area contributed by atoms with E-state index in [0.29, 0.717) is 17.5 Å². The van der Waals surface area contributed by atoms with Gasteiger partial charge < -0.3 is 11.1 Å². The Hall–Kier alpha value is -0.770. The number of halogens is 2. The minimum atomic E-state index is -0.363. The zero-order chi connectivity index (χ0) is 15.3. The second kappa shape index (κ2) is 8.62. The van der Waals surface area contributed by atoms with Gasteiger partial charge in [0.25, 0.3) is 0 Å². The first kappa shape index (κ1) is 20.2. The van der Waals surface area contributed by atoms with Gasteiger partial charge in [0.1, 0.15) is 0 Å². The summed E-state index contributed by atoms with van der Waals surface area (Å²) in [6, 6.07) is 7.41. The molecule has 0 saturated carbocycles. The smallest absolute Gasteiger partial charge is 0.227 e. The second-order valence-electron chi connectivity index (χ2n) is 6.13. The molecule has 2 unspecified atom stereocenters. The molecule has 0 fully saturated rings. The van der Waals surface area contributed by atoms with Crippen LogP contribution in [-0.4, -0.2) is 18.0 Å². The third kappa shape index (κ3) is 6.25. The molecule has 0 heterocycles. The molecule has 0 aliphatic heterocycles. The summed E-state index contributed by atoms with van der Waals surface area (Å²) in [6.45, 7) is 8.56. The molecule has 120 valence electrons. The summed E-state index contributed by atoms with van der Waals surface area (Å²) in [6.07, 6.45) is 0.859. The van der Waals surface area contributed by atoms with Crippen LogP contribution in [0, 0.1) is 5.92 Å². The van der Waals surface area contributed by atoms with Crippen molar-refractivity contribution < 1.29 is 4.79 Å². The molecule has 3 nitrogen and oxygen atoms in total. The average molecular weight is 333 g/mol. The van der Waals surface area contributed by atoms with Gasteiger partial charge in [-0.15, -0.1) is 12.4 Å². The summed E-state index contributed by atoms with van der Waals surface area (Å²) in [5.41, 5.74) is 6.38. The topological polar surface area (TPSA) is 55.1 Å². The number of rotatable bonds is 6. The lowest BCUT2D eigenvalue weighted by atomic mass is 9.89. The van der Waals surface area contributed by atoms with Crippen LogP contribution < -0.4 is 11.1 Å². The Morgan fingerprint density at radius 3 is 2.48 bits per heavy atom. The van der Waals surface area contributed by atoms with Crippen molar-refractivity contribution in [1.82, 2.24) is 5.32 Å². The van der Waals surface area contributed by atoms with Gasteiger partial charge in [0.15, 0.2) is 0 Å². The predicted octanol–water partition coefficient (Wildman–Crippen LogP) is 3.75. The lowest BCUT2D eigenvalue weighted by Gasteiger charge is -2.32. The van der Waals surface area contributed by atoms with E-state index in [-0.39, 0.29) is 29.8 Å². The Morgan fingerprint density at radius 1 is 1.38 bits per heavy atom. The number of nitrogens with two attached hydrogens (primary N) is 1. The van der Waals surface area contributed by atoms with E-state index in [1.807, 2.05) is 32.0 Å². The van der Waals surface area contributed by atoms with Gasteiger partial charge >= 0.3 is 0 Å². The molecule has 1 amide bonds. The van der Waals surface area contributed by atoms with Gasteiger partial charge in [-0.25, -0.2) is 0 Å².